The van der Waals surface area contributed by atoms with Crippen LogP contribution in [0.5, 0.6) is 17.2 Å². The number of ether oxygens (including phenoxy) is 10. The Bertz CT molecular complexity index is 2790. The largest absolute Gasteiger partial charge is 0.508 e. The summed E-state index contributed by atoms with van der Waals surface area (Å²) in [6, 6.07) is 15.8. The molecule has 0 aliphatic heterocycles. The summed E-state index contributed by atoms with van der Waals surface area (Å²) < 4.78 is 61.2. The summed E-state index contributed by atoms with van der Waals surface area (Å²) in [4.78, 5) is 82.4. The smallest absolute Gasteiger partial charge is 0.347 e. The van der Waals surface area contributed by atoms with Gasteiger partial charge in [0, 0.05) is 81.2 Å². The zero-order chi connectivity index (χ0) is 63.7. The van der Waals surface area contributed by atoms with Crippen LogP contribution in [0, 0.1) is 10.1 Å². The molecule has 3 aromatic carbocycles. The molecule has 7 N–H and O–H groups in total. The first-order valence-corrected chi connectivity index (χ1v) is 30.0. The van der Waals surface area contributed by atoms with Crippen LogP contribution in [0.25, 0.3) is 11.0 Å². The molecule has 26 nitrogen and oxygen atoms in total. The molecular weight excluding hydrogens is 1150 g/mol. The Morgan fingerprint density at radius 3 is 1.82 bits per heavy atom. The number of fused-ring (bicyclic) bond motifs is 1. The van der Waals surface area contributed by atoms with Crippen molar-refractivity contribution in [3.63, 3.8) is 0 Å². The normalized spacial score (nSPS) is 11.9. The van der Waals surface area contributed by atoms with Crippen molar-refractivity contribution in [3.8, 4) is 17.2 Å². The molecule has 0 radical (unpaired) electrons. The van der Waals surface area contributed by atoms with Crippen LogP contribution in [0.1, 0.15) is 99.5 Å². The molecule has 2 amide bonds. The lowest BCUT2D eigenvalue weighted by molar-refractivity contribution is -0.385. The number of phenolic OH excluding ortho intramolecular Hbond substituents is 1. The third-order valence-corrected chi connectivity index (χ3v) is 13.6. The standard InChI is InChI=1S/C62H91N7O19/c1-5-68(6-2)48-16-15-47-41-51(61(75)88-56(47)42-48)54(71)11-8-23-79-26-28-81-30-32-83-34-36-85-38-39-86-37-35-84-33-31-82-29-27-80-25-20-60(74)67-52(10-7-21-66-62(63)64)55(72)40-45(3)50-43-57(78-4)58(44-53(50)69(76)77)87-24-9-12-59(73)65-22-19-46-13-17-49(70)18-14-46/h13-18,41-45,52,70H,5-12,19-40H2,1-4H3,(H,65,73)(H,67,74)(H4,63,64,66). The summed E-state index contributed by atoms with van der Waals surface area (Å²) in [5, 5.41) is 28.1. The maximum atomic E-state index is 13.8. The first-order valence-electron chi connectivity index (χ1n) is 30.0. The van der Waals surface area contributed by atoms with Crippen LogP contribution in [-0.2, 0) is 58.7 Å². The summed E-state index contributed by atoms with van der Waals surface area (Å²) in [5.41, 5.74) is 12.7. The number of hydrogen-bond acceptors (Lipinski definition) is 21. The van der Waals surface area contributed by atoms with E-state index in [1.807, 2.05) is 18.2 Å². The van der Waals surface area contributed by atoms with Crippen molar-refractivity contribution in [2.24, 2.45) is 16.5 Å². The number of anilines is 1. The second-order valence-corrected chi connectivity index (χ2v) is 20.2. The molecular formula is C62H91N7O19. The fourth-order valence-corrected chi connectivity index (χ4v) is 8.90. The second kappa shape index (κ2) is 43.4. The number of nitrogens with two attached hydrogens (primary N) is 2. The molecule has 1 aromatic heterocycles. The van der Waals surface area contributed by atoms with E-state index in [2.05, 4.69) is 34.4 Å². The molecule has 4 aromatic rings. The molecule has 4 rings (SSSR count). The van der Waals surface area contributed by atoms with Gasteiger partial charge in [0.25, 0.3) is 5.69 Å². The molecule has 488 valence electrons. The average Bonchev–Trinajstić information content (AvgIpc) is 1.13. The number of aliphatic imine (C=N–C) groups is 1. The predicted octanol–water partition coefficient (Wildman–Crippen LogP) is 5.57. The van der Waals surface area contributed by atoms with Crippen molar-refractivity contribution in [1.82, 2.24) is 10.6 Å². The minimum absolute atomic E-state index is 0.0355. The number of methoxy groups -OCH3 is 1. The van der Waals surface area contributed by atoms with E-state index in [1.165, 1.54) is 19.2 Å². The number of carbonyl (C=O) groups is 4. The van der Waals surface area contributed by atoms with Crippen LogP contribution >= 0.6 is 0 Å². The minimum atomic E-state index is -0.932. The number of ketones is 2. The molecule has 2 unspecified atom stereocenters. The Morgan fingerprint density at radius 1 is 0.693 bits per heavy atom. The molecule has 0 aliphatic carbocycles. The lowest BCUT2D eigenvalue weighted by Crippen LogP contribution is -2.41. The number of amides is 2. The predicted molar refractivity (Wildman–Crippen MR) is 330 cm³/mol. The van der Waals surface area contributed by atoms with Crippen molar-refractivity contribution < 1.29 is 81.0 Å². The van der Waals surface area contributed by atoms with Gasteiger partial charge in [0.1, 0.15) is 16.9 Å². The zero-order valence-electron chi connectivity index (χ0n) is 51.4. The molecule has 88 heavy (non-hydrogen) atoms. The van der Waals surface area contributed by atoms with E-state index in [1.54, 1.807) is 37.3 Å². The summed E-state index contributed by atoms with van der Waals surface area (Å²) in [7, 11) is 1.39. The molecule has 0 saturated carbocycles. The number of nitro groups is 1. The second-order valence-electron chi connectivity index (χ2n) is 20.2. The number of carbonyl (C=O) groups excluding carboxylic acids is 4. The highest BCUT2D eigenvalue weighted by Crippen LogP contribution is 2.39. The highest BCUT2D eigenvalue weighted by Gasteiger charge is 2.29. The number of nitro benzene ring substituents is 1. The number of nitrogens with zero attached hydrogens (tertiary/aromatic N) is 3. The maximum Gasteiger partial charge on any atom is 0.347 e. The molecule has 2 atom stereocenters. The summed E-state index contributed by atoms with van der Waals surface area (Å²) in [5.74, 6) is -1.52. The van der Waals surface area contributed by atoms with Crippen LogP contribution in [0.15, 0.2) is 74.9 Å². The fourth-order valence-electron chi connectivity index (χ4n) is 8.90. The van der Waals surface area contributed by atoms with E-state index in [-0.39, 0.29) is 123 Å². The van der Waals surface area contributed by atoms with Gasteiger partial charge in [-0.1, -0.05) is 19.1 Å². The van der Waals surface area contributed by atoms with Crippen molar-refractivity contribution in [2.45, 2.75) is 90.5 Å². The number of rotatable bonds is 51. The van der Waals surface area contributed by atoms with E-state index in [0.29, 0.717) is 129 Å². The zero-order valence-corrected chi connectivity index (χ0v) is 51.4. The molecule has 0 saturated heterocycles. The van der Waals surface area contributed by atoms with E-state index in [9.17, 15) is 39.2 Å². The molecule has 0 fully saturated rings. The quantitative estimate of drug-likeness (QED) is 0.00686. The van der Waals surface area contributed by atoms with Gasteiger partial charge in [0.15, 0.2) is 29.0 Å². The highest BCUT2D eigenvalue weighted by molar-refractivity contribution is 5.98. The fraction of sp³-hybridized carbons (Fsp3) is 0.581. The number of aromatic hydroxyl groups is 1. The van der Waals surface area contributed by atoms with Gasteiger partial charge in [-0.15, -0.1) is 0 Å². The van der Waals surface area contributed by atoms with E-state index in [4.69, 9.17) is 63.3 Å². The minimum Gasteiger partial charge on any atom is -0.508 e. The summed E-state index contributed by atoms with van der Waals surface area (Å²) in [6.07, 6.45) is 2.11. The third kappa shape index (κ3) is 29.1. The average molecular weight is 1240 g/mol. The maximum absolute atomic E-state index is 13.8. The van der Waals surface area contributed by atoms with E-state index < -0.39 is 28.4 Å². The van der Waals surface area contributed by atoms with E-state index in [0.717, 1.165) is 24.3 Å². The number of guanidine groups is 1. The molecule has 0 spiro atoms. The van der Waals surface area contributed by atoms with Crippen LogP contribution in [0.3, 0.4) is 0 Å². The SMILES string of the molecule is CCN(CC)c1ccc2cc(C(=O)CCCOCCOCCOCCOCCOCCOCCOCCOCCC(=O)NC(CCCN=C(N)N)C(=O)CC(C)c3cc(OC)c(OCCCC(=O)NCCc4ccc(O)cc4)cc3[N+](=O)[O-])c(=O)oc2c1. The number of Topliss-reactive ketones (excluding diaryl/α,β-unsaturated/α-hetero) is 2. The van der Waals surface area contributed by atoms with Gasteiger partial charge in [0.2, 0.25) is 11.8 Å². The van der Waals surface area contributed by atoms with Gasteiger partial charge in [-0.2, -0.15) is 0 Å². The first kappa shape index (κ1) is 73.2. The highest BCUT2D eigenvalue weighted by atomic mass is 16.6. The Kier molecular flexibility index (Phi) is 36.1. The molecule has 0 bridgehead atoms. The van der Waals surface area contributed by atoms with Gasteiger partial charge in [-0.3, -0.25) is 34.3 Å². The Morgan fingerprint density at radius 2 is 1.26 bits per heavy atom. The van der Waals surface area contributed by atoms with Crippen LogP contribution in [0.2, 0.25) is 0 Å². The number of phenols is 1. The lowest BCUT2D eigenvalue weighted by atomic mass is 9.90. The van der Waals surface area contributed by atoms with Crippen molar-refractivity contribution >= 4 is 51.7 Å². The number of nitrogens with one attached hydrogen (secondary N) is 2. The van der Waals surface area contributed by atoms with Crippen LogP contribution < -0.4 is 42.1 Å². The van der Waals surface area contributed by atoms with Crippen molar-refractivity contribution in [1.29, 1.82) is 0 Å². The van der Waals surface area contributed by atoms with Gasteiger partial charge in [-0.25, -0.2) is 4.79 Å². The van der Waals surface area contributed by atoms with Gasteiger partial charge < -0.3 is 83.9 Å². The van der Waals surface area contributed by atoms with Crippen LogP contribution in [0.4, 0.5) is 11.4 Å². The Labute approximate surface area is 514 Å². The Balaban J connectivity index is 0.973. The molecule has 26 heteroatoms. The summed E-state index contributed by atoms with van der Waals surface area (Å²) in [6.45, 7) is 13.7. The van der Waals surface area contributed by atoms with Gasteiger partial charge in [-0.05, 0) is 93.8 Å². The third-order valence-electron chi connectivity index (χ3n) is 13.6. The number of hydrogen-bond donors (Lipinski definition) is 5. The van der Waals surface area contributed by atoms with Crippen LogP contribution in [-0.4, -0.2) is 191 Å². The number of benzene rings is 3. The topological polar surface area (TPSA) is 346 Å². The first-order chi connectivity index (χ1) is 42.6. The van der Waals surface area contributed by atoms with Gasteiger partial charge >= 0.3 is 5.63 Å². The van der Waals surface area contributed by atoms with Gasteiger partial charge in [0.05, 0.1) is 130 Å². The van der Waals surface area contributed by atoms with E-state index >= 15 is 0 Å². The molecule has 1 heterocycles. The lowest BCUT2D eigenvalue weighted by Gasteiger charge is -2.21. The Hall–Kier alpha value is -7.30. The molecule has 0 aliphatic rings. The summed E-state index contributed by atoms with van der Waals surface area (Å²) >= 11 is 0. The monoisotopic (exact) mass is 1240 g/mol. The van der Waals surface area contributed by atoms with Crippen molar-refractivity contribution in [3.05, 3.63) is 97.9 Å². The van der Waals surface area contributed by atoms with Crippen molar-refractivity contribution in [2.75, 3.05) is 151 Å².